The maximum Gasteiger partial charge on any atom is 0.336 e. The molecule has 0 saturated carbocycles. The van der Waals surface area contributed by atoms with Gasteiger partial charge in [0, 0.05) is 11.3 Å². The van der Waals surface area contributed by atoms with Gasteiger partial charge in [-0.2, -0.15) is 0 Å². The zero-order valence-corrected chi connectivity index (χ0v) is 16.5. The molecule has 0 bridgehead atoms. The predicted molar refractivity (Wildman–Crippen MR) is 112 cm³/mol. The van der Waals surface area contributed by atoms with Gasteiger partial charge in [0.25, 0.3) is 0 Å². The van der Waals surface area contributed by atoms with Crippen molar-refractivity contribution in [1.29, 1.82) is 0 Å². The molecule has 0 saturated heterocycles. The van der Waals surface area contributed by atoms with Crippen LogP contribution in [-0.4, -0.2) is 22.7 Å². The fourth-order valence-electron chi connectivity index (χ4n) is 3.34. The van der Waals surface area contributed by atoms with Crippen LogP contribution in [-0.2, 0) is 12.8 Å². The third-order valence-corrected chi connectivity index (χ3v) is 4.75. The van der Waals surface area contributed by atoms with Crippen LogP contribution >= 0.6 is 0 Å². The zero-order chi connectivity index (χ0) is 20.1. The minimum atomic E-state index is -0.924. The summed E-state index contributed by atoms with van der Waals surface area (Å²) in [5.41, 5.74) is 5.96. The number of aryl methyl sites for hydroxylation is 2. The van der Waals surface area contributed by atoms with Gasteiger partial charge in [-0.25, -0.2) is 4.79 Å². The zero-order valence-electron chi connectivity index (χ0n) is 16.5. The van der Waals surface area contributed by atoms with Gasteiger partial charge in [0.1, 0.15) is 5.75 Å². The van der Waals surface area contributed by atoms with Gasteiger partial charge in [-0.05, 0) is 48.6 Å². The Morgan fingerprint density at radius 1 is 0.929 bits per heavy atom. The molecule has 0 atom stereocenters. The number of benzene rings is 2. The van der Waals surface area contributed by atoms with Crippen LogP contribution in [0.4, 0.5) is 0 Å². The lowest BCUT2D eigenvalue weighted by molar-refractivity contribution is 0.0697. The van der Waals surface area contributed by atoms with E-state index in [4.69, 9.17) is 9.72 Å². The first kappa shape index (κ1) is 19.6. The molecule has 0 spiro atoms. The van der Waals surface area contributed by atoms with E-state index in [2.05, 4.69) is 19.9 Å². The second-order valence-electron chi connectivity index (χ2n) is 6.51. The summed E-state index contributed by atoms with van der Waals surface area (Å²) < 4.78 is 5.94. The fraction of sp³-hybridized carbons (Fsp3) is 0.250. The quantitative estimate of drug-likeness (QED) is 0.581. The summed E-state index contributed by atoms with van der Waals surface area (Å²) in [6, 6.07) is 17.1. The molecule has 1 N–H and O–H groups in total. The lowest BCUT2D eigenvalue weighted by Gasteiger charge is -2.16. The number of carbonyl (C=O) groups is 1. The van der Waals surface area contributed by atoms with E-state index in [0.29, 0.717) is 17.7 Å². The number of carboxylic acids is 1. The first-order valence-electron chi connectivity index (χ1n) is 9.67. The summed E-state index contributed by atoms with van der Waals surface area (Å²) in [4.78, 5) is 16.2. The highest BCUT2D eigenvalue weighted by atomic mass is 16.5. The fourth-order valence-corrected chi connectivity index (χ4v) is 3.34. The Morgan fingerprint density at radius 3 is 2.14 bits per heavy atom. The van der Waals surface area contributed by atoms with E-state index in [9.17, 15) is 9.90 Å². The number of rotatable bonds is 7. The van der Waals surface area contributed by atoms with Crippen LogP contribution < -0.4 is 4.74 Å². The first-order valence-corrected chi connectivity index (χ1v) is 9.67. The first-order chi connectivity index (χ1) is 13.6. The van der Waals surface area contributed by atoms with Crippen LogP contribution in [0.15, 0.2) is 54.6 Å². The van der Waals surface area contributed by atoms with E-state index in [1.165, 1.54) is 0 Å². The van der Waals surface area contributed by atoms with Gasteiger partial charge in [-0.3, -0.25) is 4.98 Å². The number of aromatic carboxylic acids is 1. The van der Waals surface area contributed by atoms with Crippen molar-refractivity contribution < 1.29 is 14.6 Å². The van der Waals surface area contributed by atoms with Gasteiger partial charge < -0.3 is 9.84 Å². The summed E-state index contributed by atoms with van der Waals surface area (Å²) in [6.45, 7) is 6.73. The van der Waals surface area contributed by atoms with Crippen molar-refractivity contribution in [2.24, 2.45) is 0 Å². The maximum atomic E-state index is 11.5. The average molecular weight is 375 g/mol. The molecule has 0 unspecified atom stereocenters. The Labute approximate surface area is 165 Å². The highest BCUT2D eigenvalue weighted by molar-refractivity contribution is 5.96. The number of hydrogen-bond acceptors (Lipinski definition) is 3. The Bertz CT molecular complexity index is 978. The minimum Gasteiger partial charge on any atom is -0.491 e. The highest BCUT2D eigenvalue weighted by Crippen LogP contribution is 2.35. The van der Waals surface area contributed by atoms with Gasteiger partial charge in [0.05, 0.1) is 17.9 Å². The summed E-state index contributed by atoms with van der Waals surface area (Å²) in [6.07, 6.45) is 1.66. The van der Waals surface area contributed by atoms with E-state index >= 15 is 0 Å². The maximum absolute atomic E-state index is 11.5. The molecule has 0 amide bonds. The molecule has 1 heterocycles. The monoisotopic (exact) mass is 375 g/mol. The number of carboxylic acid groups (broad SMARTS) is 1. The van der Waals surface area contributed by atoms with Crippen molar-refractivity contribution in [3.63, 3.8) is 0 Å². The molecule has 1 aromatic heterocycles. The SMILES string of the molecule is CCOc1c(-c2ccc(-c3ccccc3C(=O)O)cc2)cc(CC)nc1CC. The molecule has 0 aliphatic rings. The number of pyridine rings is 1. The van der Waals surface area contributed by atoms with Gasteiger partial charge in [0.2, 0.25) is 0 Å². The Balaban J connectivity index is 2.08. The normalized spacial score (nSPS) is 10.7. The summed E-state index contributed by atoms with van der Waals surface area (Å²) >= 11 is 0. The second kappa shape index (κ2) is 8.70. The van der Waals surface area contributed by atoms with E-state index in [1.54, 1.807) is 12.1 Å². The molecule has 4 nitrogen and oxygen atoms in total. The number of aromatic nitrogens is 1. The molecule has 4 heteroatoms. The summed E-state index contributed by atoms with van der Waals surface area (Å²) in [5.74, 6) is -0.0893. The van der Waals surface area contributed by atoms with Crippen molar-refractivity contribution in [3.8, 4) is 28.0 Å². The van der Waals surface area contributed by atoms with Crippen molar-refractivity contribution in [3.05, 3.63) is 71.5 Å². The van der Waals surface area contributed by atoms with Crippen LogP contribution in [0.25, 0.3) is 22.3 Å². The van der Waals surface area contributed by atoms with Gasteiger partial charge >= 0.3 is 5.97 Å². The topological polar surface area (TPSA) is 59.4 Å². The predicted octanol–water partition coefficient (Wildman–Crippen LogP) is 5.64. The van der Waals surface area contributed by atoms with Crippen LogP contribution in [0.2, 0.25) is 0 Å². The number of hydrogen-bond donors (Lipinski definition) is 1. The molecule has 0 aliphatic carbocycles. The van der Waals surface area contributed by atoms with Crippen LogP contribution in [0.3, 0.4) is 0 Å². The summed E-state index contributed by atoms with van der Waals surface area (Å²) in [5, 5.41) is 9.45. The van der Waals surface area contributed by atoms with E-state index in [-0.39, 0.29) is 0 Å². The summed E-state index contributed by atoms with van der Waals surface area (Å²) in [7, 11) is 0. The Kier molecular flexibility index (Phi) is 6.09. The molecule has 0 radical (unpaired) electrons. The van der Waals surface area contributed by atoms with Crippen LogP contribution in [0.1, 0.15) is 42.5 Å². The van der Waals surface area contributed by atoms with Crippen molar-refractivity contribution in [2.45, 2.75) is 33.6 Å². The third kappa shape index (κ3) is 3.91. The minimum absolute atomic E-state index is 0.302. The molecular weight excluding hydrogens is 350 g/mol. The molecule has 2 aromatic carbocycles. The van der Waals surface area contributed by atoms with Crippen molar-refractivity contribution in [1.82, 2.24) is 4.98 Å². The van der Waals surface area contributed by atoms with Crippen molar-refractivity contribution >= 4 is 5.97 Å². The third-order valence-electron chi connectivity index (χ3n) is 4.75. The standard InChI is InChI=1S/C24H25NO3/c1-4-18-15-21(23(28-6-3)22(5-2)25-18)17-13-11-16(12-14-17)19-9-7-8-10-20(19)24(26)27/h7-15H,4-6H2,1-3H3,(H,26,27). The number of nitrogens with zero attached hydrogens (tertiary/aromatic N) is 1. The average Bonchev–Trinajstić information content (AvgIpc) is 2.74. The molecule has 144 valence electrons. The van der Waals surface area contributed by atoms with Gasteiger partial charge in [-0.15, -0.1) is 0 Å². The van der Waals surface area contributed by atoms with Crippen molar-refractivity contribution in [2.75, 3.05) is 6.61 Å². The molecule has 0 aliphatic heterocycles. The van der Waals surface area contributed by atoms with E-state index in [0.717, 1.165) is 46.7 Å². The van der Waals surface area contributed by atoms with E-state index in [1.807, 2.05) is 43.3 Å². The second-order valence-corrected chi connectivity index (χ2v) is 6.51. The lowest BCUT2D eigenvalue weighted by atomic mass is 9.96. The molecule has 0 fully saturated rings. The van der Waals surface area contributed by atoms with Gasteiger partial charge in [-0.1, -0.05) is 56.3 Å². The Morgan fingerprint density at radius 2 is 1.57 bits per heavy atom. The highest BCUT2D eigenvalue weighted by Gasteiger charge is 2.15. The van der Waals surface area contributed by atoms with Gasteiger partial charge in [0.15, 0.2) is 0 Å². The van der Waals surface area contributed by atoms with Crippen LogP contribution in [0.5, 0.6) is 5.75 Å². The largest absolute Gasteiger partial charge is 0.491 e. The smallest absolute Gasteiger partial charge is 0.336 e. The van der Waals surface area contributed by atoms with E-state index < -0.39 is 5.97 Å². The lowest BCUT2D eigenvalue weighted by Crippen LogP contribution is -2.03. The molecule has 28 heavy (non-hydrogen) atoms. The molecular formula is C24H25NO3. The Hall–Kier alpha value is -3.14. The molecule has 3 rings (SSSR count). The van der Waals surface area contributed by atoms with Crippen LogP contribution in [0, 0.1) is 0 Å². The molecule has 3 aromatic rings. The number of ether oxygens (including phenoxy) is 1.